The summed E-state index contributed by atoms with van der Waals surface area (Å²) >= 11 is 3.49. The number of thiophene rings is 2. The summed E-state index contributed by atoms with van der Waals surface area (Å²) in [5.74, 6) is 0.305. The van der Waals surface area contributed by atoms with E-state index in [-0.39, 0.29) is 5.41 Å². The van der Waals surface area contributed by atoms with Crippen LogP contribution in [0.1, 0.15) is 23.3 Å². The van der Waals surface area contributed by atoms with Crippen molar-refractivity contribution in [2.24, 2.45) is 5.41 Å². The molecule has 0 bridgehead atoms. The van der Waals surface area contributed by atoms with Crippen LogP contribution in [-0.2, 0) is 11.3 Å². The molecule has 2 aliphatic rings. The van der Waals surface area contributed by atoms with Crippen molar-refractivity contribution < 1.29 is 4.79 Å². The molecule has 5 heteroatoms. The summed E-state index contributed by atoms with van der Waals surface area (Å²) in [6.45, 7) is 6.18. The molecule has 0 radical (unpaired) electrons. The molecule has 2 saturated heterocycles. The van der Waals surface area contributed by atoms with Crippen molar-refractivity contribution >= 4 is 33.6 Å². The molecule has 2 aromatic rings. The fraction of sp³-hybridized carbons (Fsp3) is 0.471. The van der Waals surface area contributed by atoms with Crippen LogP contribution in [-0.4, -0.2) is 30.4 Å². The summed E-state index contributed by atoms with van der Waals surface area (Å²) in [5.41, 5.74) is 1.57. The van der Waals surface area contributed by atoms with Gasteiger partial charge in [0.25, 0.3) is 0 Å². The highest BCUT2D eigenvalue weighted by molar-refractivity contribution is 7.16. The normalized spacial score (nSPS) is 25.7. The fourth-order valence-electron chi connectivity index (χ4n) is 3.74. The Balaban J connectivity index is 1.46. The van der Waals surface area contributed by atoms with Crippen LogP contribution in [0.15, 0.2) is 29.0 Å². The second-order valence-electron chi connectivity index (χ2n) is 6.63. The zero-order chi connectivity index (χ0) is 15.2. The fourth-order valence-corrected chi connectivity index (χ4v) is 5.28. The van der Waals surface area contributed by atoms with E-state index in [1.165, 1.54) is 10.4 Å². The van der Waals surface area contributed by atoms with E-state index in [9.17, 15) is 4.79 Å². The zero-order valence-electron chi connectivity index (χ0n) is 12.7. The third-order valence-electron chi connectivity index (χ3n) is 4.82. The summed E-state index contributed by atoms with van der Waals surface area (Å²) in [6, 6.07) is 6.40. The molecule has 2 fully saturated rings. The van der Waals surface area contributed by atoms with Gasteiger partial charge in [0.1, 0.15) is 0 Å². The lowest BCUT2D eigenvalue weighted by molar-refractivity contribution is -0.117. The number of rotatable bonds is 3. The number of carbonyl (C=O) groups excluding carboxylic acids is 1. The minimum absolute atomic E-state index is 0.172. The van der Waals surface area contributed by atoms with Gasteiger partial charge in [0.15, 0.2) is 0 Å². The van der Waals surface area contributed by atoms with Crippen LogP contribution >= 0.6 is 22.7 Å². The van der Waals surface area contributed by atoms with E-state index in [4.69, 9.17) is 0 Å². The molecule has 22 heavy (non-hydrogen) atoms. The van der Waals surface area contributed by atoms with Gasteiger partial charge in [-0.1, -0.05) is 0 Å². The molecule has 0 aliphatic carbocycles. The van der Waals surface area contributed by atoms with Crippen molar-refractivity contribution in [1.82, 2.24) is 4.90 Å². The lowest BCUT2D eigenvalue weighted by Crippen LogP contribution is -2.30. The second-order valence-corrected chi connectivity index (χ2v) is 8.68. The molecule has 1 atom stereocenters. The van der Waals surface area contributed by atoms with Gasteiger partial charge in [0.05, 0.1) is 5.00 Å². The van der Waals surface area contributed by atoms with E-state index in [1.54, 1.807) is 22.7 Å². The Morgan fingerprint density at radius 1 is 1.27 bits per heavy atom. The van der Waals surface area contributed by atoms with E-state index < -0.39 is 0 Å². The van der Waals surface area contributed by atoms with Gasteiger partial charge in [-0.15, -0.1) is 11.3 Å². The first-order valence-corrected chi connectivity index (χ1v) is 9.50. The lowest BCUT2D eigenvalue weighted by atomic mass is 9.86. The molecular formula is C17H20N2OS2. The molecule has 1 unspecified atom stereocenters. The molecule has 1 spiro atoms. The Morgan fingerprint density at radius 2 is 2.18 bits per heavy atom. The van der Waals surface area contributed by atoms with Gasteiger partial charge in [-0.25, -0.2) is 0 Å². The van der Waals surface area contributed by atoms with E-state index in [0.29, 0.717) is 12.3 Å². The van der Waals surface area contributed by atoms with E-state index in [0.717, 1.165) is 37.6 Å². The van der Waals surface area contributed by atoms with E-state index in [1.807, 2.05) is 4.90 Å². The summed E-state index contributed by atoms with van der Waals surface area (Å²) in [6.07, 6.45) is 1.85. The predicted octanol–water partition coefficient (Wildman–Crippen LogP) is 3.75. The number of aryl methyl sites for hydroxylation is 1. The molecule has 4 heterocycles. The molecule has 2 aromatic heterocycles. The first-order valence-electron chi connectivity index (χ1n) is 7.74. The molecule has 2 aliphatic heterocycles. The number of anilines is 1. The maximum absolute atomic E-state index is 12.5. The quantitative estimate of drug-likeness (QED) is 0.855. The Bertz CT molecular complexity index is 679. The molecule has 116 valence electrons. The molecule has 0 saturated carbocycles. The van der Waals surface area contributed by atoms with E-state index in [2.05, 4.69) is 40.8 Å². The lowest BCUT2D eigenvalue weighted by Gasteiger charge is -2.23. The largest absolute Gasteiger partial charge is 0.303 e. The summed E-state index contributed by atoms with van der Waals surface area (Å²) < 4.78 is 0. The van der Waals surface area contributed by atoms with Crippen molar-refractivity contribution in [3.05, 3.63) is 39.4 Å². The van der Waals surface area contributed by atoms with Gasteiger partial charge in [0, 0.05) is 36.3 Å². The van der Waals surface area contributed by atoms with Crippen LogP contribution in [0.3, 0.4) is 0 Å². The SMILES string of the molecule is Cc1ccc(N2CC3(CCN(Cc4ccsc4)C3)CC2=O)s1. The molecule has 0 aromatic carbocycles. The summed E-state index contributed by atoms with van der Waals surface area (Å²) in [4.78, 5) is 18.3. The standard InChI is InChI=1S/C17H20N2OS2/c1-13-2-3-16(22-13)19-12-17(8-15(19)20)5-6-18(11-17)9-14-4-7-21-10-14/h2-4,7,10H,5-6,8-9,11-12H2,1H3. The highest BCUT2D eigenvalue weighted by Crippen LogP contribution is 2.43. The number of likely N-dealkylation sites (tertiary alicyclic amines) is 1. The average molecular weight is 332 g/mol. The number of hydrogen-bond donors (Lipinski definition) is 0. The van der Waals surface area contributed by atoms with Crippen LogP contribution in [0, 0.1) is 12.3 Å². The Kier molecular flexibility index (Phi) is 3.59. The van der Waals surface area contributed by atoms with Crippen molar-refractivity contribution in [1.29, 1.82) is 0 Å². The van der Waals surface area contributed by atoms with Crippen molar-refractivity contribution in [2.45, 2.75) is 26.3 Å². The van der Waals surface area contributed by atoms with Crippen LogP contribution < -0.4 is 4.90 Å². The highest BCUT2D eigenvalue weighted by atomic mass is 32.1. The van der Waals surface area contributed by atoms with Gasteiger partial charge in [0.2, 0.25) is 5.91 Å². The Morgan fingerprint density at radius 3 is 2.91 bits per heavy atom. The van der Waals surface area contributed by atoms with Crippen molar-refractivity contribution in [2.75, 3.05) is 24.5 Å². The molecule has 3 nitrogen and oxygen atoms in total. The van der Waals surface area contributed by atoms with Crippen LogP contribution in [0.5, 0.6) is 0 Å². The van der Waals surface area contributed by atoms with Gasteiger partial charge in [-0.3, -0.25) is 9.69 Å². The van der Waals surface area contributed by atoms with Gasteiger partial charge >= 0.3 is 0 Å². The molecular weight excluding hydrogens is 312 g/mol. The van der Waals surface area contributed by atoms with Crippen molar-refractivity contribution in [3.63, 3.8) is 0 Å². The van der Waals surface area contributed by atoms with Crippen LogP contribution in [0.25, 0.3) is 0 Å². The van der Waals surface area contributed by atoms with Crippen LogP contribution in [0.4, 0.5) is 5.00 Å². The summed E-state index contributed by atoms with van der Waals surface area (Å²) in [5, 5.41) is 5.49. The zero-order valence-corrected chi connectivity index (χ0v) is 14.4. The minimum atomic E-state index is 0.172. The monoisotopic (exact) mass is 332 g/mol. The smallest absolute Gasteiger partial charge is 0.228 e. The Hall–Kier alpha value is -1.17. The maximum Gasteiger partial charge on any atom is 0.228 e. The molecule has 0 N–H and O–H groups in total. The first kappa shape index (κ1) is 14.4. The average Bonchev–Trinajstić information content (AvgIpc) is 3.22. The first-order chi connectivity index (χ1) is 10.6. The van der Waals surface area contributed by atoms with E-state index >= 15 is 0 Å². The topological polar surface area (TPSA) is 23.6 Å². The second kappa shape index (κ2) is 5.48. The van der Waals surface area contributed by atoms with Crippen molar-refractivity contribution in [3.8, 4) is 0 Å². The predicted molar refractivity (Wildman–Crippen MR) is 92.7 cm³/mol. The van der Waals surface area contributed by atoms with Gasteiger partial charge < -0.3 is 4.90 Å². The van der Waals surface area contributed by atoms with Gasteiger partial charge in [-0.05, 0) is 54.4 Å². The van der Waals surface area contributed by atoms with Gasteiger partial charge in [-0.2, -0.15) is 11.3 Å². The Labute approximate surface area is 139 Å². The summed E-state index contributed by atoms with van der Waals surface area (Å²) in [7, 11) is 0. The number of hydrogen-bond acceptors (Lipinski definition) is 4. The number of nitrogens with zero attached hydrogens (tertiary/aromatic N) is 2. The maximum atomic E-state index is 12.5. The molecule has 4 rings (SSSR count). The third kappa shape index (κ3) is 2.62. The number of amides is 1. The molecule has 1 amide bonds. The van der Waals surface area contributed by atoms with Crippen LogP contribution in [0.2, 0.25) is 0 Å². The number of carbonyl (C=O) groups is 1. The highest BCUT2D eigenvalue weighted by Gasteiger charge is 2.47. The third-order valence-corrected chi connectivity index (χ3v) is 6.57. The minimum Gasteiger partial charge on any atom is -0.303 e.